The van der Waals surface area contributed by atoms with Gasteiger partial charge in [0.15, 0.2) is 0 Å². The highest BCUT2D eigenvalue weighted by atomic mass is 35.5. The van der Waals surface area contributed by atoms with Gasteiger partial charge in [0.1, 0.15) is 6.07 Å². The Labute approximate surface area is 89.9 Å². The molecule has 6 heteroatoms. The molecule has 0 spiro atoms. The minimum Gasteiger partial charge on any atom is -0.390 e. The van der Waals surface area contributed by atoms with Crippen molar-refractivity contribution in [3.63, 3.8) is 0 Å². The Kier molecular flexibility index (Phi) is 3.95. The van der Waals surface area contributed by atoms with E-state index in [1.54, 1.807) is 6.07 Å². The molecule has 0 unspecified atom stereocenters. The van der Waals surface area contributed by atoms with Crippen molar-refractivity contribution in [2.75, 3.05) is 0 Å². The minimum absolute atomic E-state index is 0.0354. The standard InChI is InChI=1S/C9H7ClF2N2O/c10-1-6-7(4-15)14-3-5(2-13)8(6)9(11)12/h3,9,15H,1,4H2. The number of nitriles is 1. The molecule has 3 nitrogen and oxygen atoms in total. The number of aliphatic hydroxyl groups is 1. The predicted octanol–water partition coefficient (Wildman–Crippen LogP) is 2.12. The van der Waals surface area contributed by atoms with Gasteiger partial charge < -0.3 is 5.11 Å². The molecule has 1 aromatic rings. The van der Waals surface area contributed by atoms with E-state index < -0.39 is 18.6 Å². The summed E-state index contributed by atoms with van der Waals surface area (Å²) in [5.41, 5.74) is -0.531. The zero-order valence-corrected chi connectivity index (χ0v) is 8.30. The van der Waals surface area contributed by atoms with E-state index in [0.717, 1.165) is 6.20 Å². The lowest BCUT2D eigenvalue weighted by Crippen LogP contribution is -2.05. The molecular formula is C9H7ClF2N2O. The fraction of sp³-hybridized carbons (Fsp3) is 0.333. The van der Waals surface area contributed by atoms with Crippen LogP contribution < -0.4 is 0 Å². The average Bonchev–Trinajstić information content (AvgIpc) is 2.26. The van der Waals surface area contributed by atoms with Crippen LogP contribution in [0.25, 0.3) is 0 Å². The molecule has 0 aromatic carbocycles. The van der Waals surface area contributed by atoms with Crippen molar-refractivity contribution in [3.8, 4) is 6.07 Å². The van der Waals surface area contributed by atoms with Crippen molar-refractivity contribution in [2.24, 2.45) is 0 Å². The Hall–Kier alpha value is -1.25. The van der Waals surface area contributed by atoms with Gasteiger partial charge in [-0.05, 0) is 0 Å². The number of pyridine rings is 1. The Morgan fingerprint density at radius 2 is 2.27 bits per heavy atom. The number of rotatable bonds is 3. The third kappa shape index (κ3) is 2.22. The fourth-order valence-electron chi connectivity index (χ4n) is 1.23. The minimum atomic E-state index is -2.80. The summed E-state index contributed by atoms with van der Waals surface area (Å²) in [5, 5.41) is 17.5. The number of aromatic nitrogens is 1. The smallest absolute Gasteiger partial charge is 0.265 e. The highest BCUT2D eigenvalue weighted by Gasteiger charge is 2.20. The first kappa shape index (κ1) is 11.8. The van der Waals surface area contributed by atoms with E-state index in [9.17, 15) is 8.78 Å². The first-order chi connectivity index (χ1) is 7.15. The zero-order chi connectivity index (χ0) is 11.4. The van der Waals surface area contributed by atoms with Gasteiger partial charge >= 0.3 is 0 Å². The number of nitrogens with zero attached hydrogens (tertiary/aromatic N) is 2. The van der Waals surface area contributed by atoms with Gasteiger partial charge in [0.25, 0.3) is 6.43 Å². The third-order valence-electron chi connectivity index (χ3n) is 1.94. The van der Waals surface area contributed by atoms with Crippen molar-refractivity contribution < 1.29 is 13.9 Å². The maximum atomic E-state index is 12.7. The molecule has 0 bridgehead atoms. The van der Waals surface area contributed by atoms with E-state index in [4.69, 9.17) is 22.0 Å². The monoisotopic (exact) mass is 232 g/mol. The summed E-state index contributed by atoms with van der Waals surface area (Å²) in [6.45, 7) is -0.479. The van der Waals surface area contributed by atoms with Crippen LogP contribution in [-0.2, 0) is 12.5 Å². The summed E-state index contributed by atoms with van der Waals surface area (Å²) in [6, 6.07) is 1.62. The van der Waals surface area contributed by atoms with Crippen LogP contribution in [0.2, 0.25) is 0 Å². The van der Waals surface area contributed by atoms with E-state index in [1.807, 2.05) is 0 Å². The largest absolute Gasteiger partial charge is 0.390 e. The van der Waals surface area contributed by atoms with Crippen LogP contribution in [0.4, 0.5) is 8.78 Å². The molecule has 1 N–H and O–H groups in total. The second-order valence-electron chi connectivity index (χ2n) is 2.72. The van der Waals surface area contributed by atoms with Crippen molar-refractivity contribution >= 4 is 11.6 Å². The molecule has 0 saturated carbocycles. The van der Waals surface area contributed by atoms with Crippen molar-refractivity contribution in [1.82, 2.24) is 4.98 Å². The second-order valence-corrected chi connectivity index (χ2v) is 2.98. The molecule has 1 heterocycles. The topological polar surface area (TPSA) is 56.9 Å². The SMILES string of the molecule is N#Cc1cnc(CO)c(CCl)c1C(F)F. The third-order valence-corrected chi connectivity index (χ3v) is 2.20. The Morgan fingerprint density at radius 3 is 2.67 bits per heavy atom. The maximum Gasteiger partial charge on any atom is 0.265 e. The molecule has 1 rings (SSSR count). The van der Waals surface area contributed by atoms with Gasteiger partial charge in [0.2, 0.25) is 0 Å². The summed E-state index contributed by atoms with van der Waals surface area (Å²) in [4.78, 5) is 3.69. The quantitative estimate of drug-likeness (QED) is 0.812. The van der Waals surface area contributed by atoms with E-state index in [2.05, 4.69) is 4.98 Å². The van der Waals surface area contributed by atoms with Crippen molar-refractivity contribution in [1.29, 1.82) is 5.26 Å². The van der Waals surface area contributed by atoms with E-state index in [1.165, 1.54) is 0 Å². The molecule has 0 amide bonds. The first-order valence-electron chi connectivity index (χ1n) is 4.01. The Balaban J connectivity index is 3.46. The van der Waals surface area contributed by atoms with Gasteiger partial charge in [0, 0.05) is 23.2 Å². The molecule has 0 saturated heterocycles. The molecule has 0 atom stereocenters. The van der Waals surface area contributed by atoms with Crippen LogP contribution >= 0.6 is 11.6 Å². The summed E-state index contributed by atoms with van der Waals surface area (Å²) in [7, 11) is 0. The number of halogens is 3. The summed E-state index contributed by atoms with van der Waals surface area (Å²) < 4.78 is 25.3. The van der Waals surface area contributed by atoms with E-state index >= 15 is 0 Å². The lowest BCUT2D eigenvalue weighted by Gasteiger charge is -2.11. The van der Waals surface area contributed by atoms with Crippen molar-refractivity contribution in [3.05, 3.63) is 28.6 Å². The summed E-state index contributed by atoms with van der Waals surface area (Å²) in [6.07, 6.45) is -1.79. The van der Waals surface area contributed by atoms with Crippen LogP contribution in [0.5, 0.6) is 0 Å². The van der Waals surface area contributed by atoms with E-state index in [0.29, 0.717) is 0 Å². The number of alkyl halides is 3. The Morgan fingerprint density at radius 1 is 1.60 bits per heavy atom. The highest BCUT2D eigenvalue weighted by molar-refractivity contribution is 6.17. The molecule has 0 aliphatic heterocycles. The lowest BCUT2D eigenvalue weighted by atomic mass is 10.0. The molecule has 0 aliphatic rings. The zero-order valence-electron chi connectivity index (χ0n) is 7.54. The second kappa shape index (κ2) is 5.01. The summed E-state index contributed by atoms with van der Waals surface area (Å²) in [5.74, 6) is -0.210. The molecule has 0 radical (unpaired) electrons. The predicted molar refractivity (Wildman–Crippen MR) is 49.4 cm³/mol. The van der Waals surface area contributed by atoms with Crippen LogP contribution in [0.3, 0.4) is 0 Å². The molecule has 0 aliphatic carbocycles. The Bertz CT molecular complexity index is 404. The normalized spacial score (nSPS) is 10.4. The maximum absolute atomic E-state index is 12.7. The van der Waals surface area contributed by atoms with Crippen LogP contribution in [0.15, 0.2) is 6.20 Å². The molecule has 80 valence electrons. The van der Waals surface area contributed by atoms with Crippen LogP contribution in [0.1, 0.15) is 28.8 Å². The van der Waals surface area contributed by atoms with Crippen molar-refractivity contribution in [2.45, 2.75) is 18.9 Å². The summed E-state index contributed by atoms with van der Waals surface area (Å²) >= 11 is 5.50. The van der Waals surface area contributed by atoms with Gasteiger partial charge in [-0.25, -0.2) is 8.78 Å². The molecular weight excluding hydrogens is 226 g/mol. The van der Waals surface area contributed by atoms with Crippen LogP contribution in [0, 0.1) is 11.3 Å². The molecule has 15 heavy (non-hydrogen) atoms. The number of hydrogen-bond acceptors (Lipinski definition) is 3. The van der Waals surface area contributed by atoms with Gasteiger partial charge in [-0.15, -0.1) is 11.6 Å². The fourth-order valence-corrected chi connectivity index (χ4v) is 1.53. The lowest BCUT2D eigenvalue weighted by molar-refractivity contribution is 0.149. The van der Waals surface area contributed by atoms with Gasteiger partial charge in [-0.3, -0.25) is 4.98 Å². The number of aliphatic hydroxyl groups excluding tert-OH is 1. The highest BCUT2D eigenvalue weighted by Crippen LogP contribution is 2.29. The molecule has 0 fully saturated rings. The molecule has 1 aromatic heterocycles. The van der Waals surface area contributed by atoms with Gasteiger partial charge in [-0.1, -0.05) is 0 Å². The van der Waals surface area contributed by atoms with Crippen LogP contribution in [-0.4, -0.2) is 10.1 Å². The first-order valence-corrected chi connectivity index (χ1v) is 4.54. The number of hydrogen-bond donors (Lipinski definition) is 1. The average molecular weight is 233 g/mol. The van der Waals surface area contributed by atoms with Gasteiger partial charge in [0.05, 0.1) is 17.9 Å². The van der Waals surface area contributed by atoms with E-state index in [-0.39, 0.29) is 22.7 Å². The van der Waals surface area contributed by atoms with Gasteiger partial charge in [-0.2, -0.15) is 5.26 Å².